The second kappa shape index (κ2) is 12.3. The van der Waals surface area contributed by atoms with Crippen LogP contribution in [0, 0.1) is 11.8 Å². The van der Waals surface area contributed by atoms with Gasteiger partial charge in [0.25, 0.3) is 0 Å². The molecule has 2 aromatic carbocycles. The number of amides is 1. The van der Waals surface area contributed by atoms with Crippen LogP contribution in [0.3, 0.4) is 0 Å². The summed E-state index contributed by atoms with van der Waals surface area (Å²) in [5.74, 6) is 6.40. The van der Waals surface area contributed by atoms with Crippen LogP contribution in [0.15, 0.2) is 54.6 Å². The normalized spacial score (nSPS) is 25.9. The molecule has 2 aliphatic heterocycles. The number of fused-ring (bicyclic) bond motifs is 1. The molecule has 0 aromatic heterocycles. The Labute approximate surface area is 208 Å². The molecule has 2 N–H and O–H groups in total. The number of benzene rings is 2. The minimum Gasteiger partial charge on any atom is -0.394 e. The third kappa shape index (κ3) is 7.39. The van der Waals surface area contributed by atoms with Crippen molar-refractivity contribution in [1.82, 2.24) is 10.2 Å². The number of nitrogens with one attached hydrogen (secondary N) is 1. The second-order valence-corrected chi connectivity index (χ2v) is 9.77. The van der Waals surface area contributed by atoms with E-state index < -0.39 is 0 Å². The van der Waals surface area contributed by atoms with Gasteiger partial charge in [-0.2, -0.15) is 0 Å². The van der Waals surface area contributed by atoms with E-state index in [9.17, 15) is 9.90 Å². The first-order valence-corrected chi connectivity index (χ1v) is 12.5. The minimum atomic E-state index is -0.141. The first-order chi connectivity index (χ1) is 17.0. The first kappa shape index (κ1) is 25.4. The fourth-order valence-electron chi connectivity index (χ4n) is 4.85. The van der Waals surface area contributed by atoms with E-state index in [0.717, 1.165) is 36.8 Å². The summed E-state index contributed by atoms with van der Waals surface area (Å²) < 4.78 is 12.5. The highest BCUT2D eigenvalue weighted by molar-refractivity contribution is 5.78. The van der Waals surface area contributed by atoms with Gasteiger partial charge in [-0.1, -0.05) is 42.2 Å². The summed E-state index contributed by atoms with van der Waals surface area (Å²) in [5, 5.41) is 12.7. The van der Waals surface area contributed by atoms with Gasteiger partial charge in [0.2, 0.25) is 5.91 Å². The van der Waals surface area contributed by atoms with Crippen LogP contribution in [0.4, 0.5) is 0 Å². The number of aliphatic hydroxyl groups is 1. The number of aliphatic hydroxyl groups excluding tert-OH is 1. The summed E-state index contributed by atoms with van der Waals surface area (Å²) in [6, 6.07) is 18.2. The molecule has 0 unspecified atom stereocenters. The molecule has 0 radical (unpaired) electrons. The van der Waals surface area contributed by atoms with E-state index >= 15 is 0 Å². The Morgan fingerprint density at radius 1 is 1.00 bits per heavy atom. The van der Waals surface area contributed by atoms with Gasteiger partial charge in [0.15, 0.2) is 0 Å². The maximum absolute atomic E-state index is 12.5. The topological polar surface area (TPSA) is 71.0 Å². The van der Waals surface area contributed by atoms with Crippen molar-refractivity contribution < 1.29 is 19.4 Å². The predicted octanol–water partition coefficient (Wildman–Crippen LogP) is 2.76. The largest absolute Gasteiger partial charge is 0.394 e. The third-order valence-electron chi connectivity index (χ3n) is 6.65. The molecule has 6 heteroatoms. The van der Waals surface area contributed by atoms with Crippen LogP contribution in [0.25, 0.3) is 0 Å². The van der Waals surface area contributed by atoms with E-state index in [2.05, 4.69) is 41.4 Å². The van der Waals surface area contributed by atoms with Crippen molar-refractivity contribution in [3.8, 4) is 11.8 Å². The quantitative estimate of drug-likeness (QED) is 0.602. The number of aryl methyl sites for hydroxylation is 1. The van der Waals surface area contributed by atoms with E-state index in [4.69, 9.17) is 9.47 Å². The van der Waals surface area contributed by atoms with Crippen molar-refractivity contribution in [2.75, 3.05) is 27.2 Å². The lowest BCUT2D eigenvalue weighted by molar-refractivity contribution is -0.202. The summed E-state index contributed by atoms with van der Waals surface area (Å²) in [4.78, 5) is 14.4. The number of ether oxygens (including phenoxy) is 2. The van der Waals surface area contributed by atoms with Crippen molar-refractivity contribution >= 4 is 5.91 Å². The molecular weight excluding hydrogens is 440 g/mol. The zero-order valence-electron chi connectivity index (χ0n) is 20.7. The first-order valence-electron chi connectivity index (χ1n) is 12.5. The second-order valence-electron chi connectivity index (χ2n) is 9.77. The summed E-state index contributed by atoms with van der Waals surface area (Å²) in [6.45, 7) is 0.360. The van der Waals surface area contributed by atoms with Crippen LogP contribution in [0.5, 0.6) is 0 Å². The van der Waals surface area contributed by atoms with Gasteiger partial charge in [-0.15, -0.1) is 0 Å². The van der Waals surface area contributed by atoms with Gasteiger partial charge in [-0.3, -0.25) is 4.79 Å². The highest BCUT2D eigenvalue weighted by atomic mass is 16.6. The Hall–Kier alpha value is -2.69. The van der Waals surface area contributed by atoms with Crippen LogP contribution in [0.2, 0.25) is 0 Å². The van der Waals surface area contributed by atoms with E-state index in [-0.39, 0.29) is 43.0 Å². The average Bonchev–Trinajstić information content (AvgIpc) is 2.86. The minimum absolute atomic E-state index is 0.0112. The van der Waals surface area contributed by atoms with Crippen molar-refractivity contribution in [3.63, 3.8) is 0 Å². The molecule has 5 atom stereocenters. The Balaban J connectivity index is 1.38. The highest BCUT2D eigenvalue weighted by Crippen LogP contribution is 2.33. The standard InChI is InChI=1S/C29H36N2O4/c1-31(2)19-29(33)30-25-18-28-27(17-15-24(20-32)34-28)35-26(25)16-14-23-12-10-22(11-13-23)9-8-21-6-4-3-5-7-21/h3-7,10-13,24-28,32H,14-20H2,1-2H3,(H,30,33)/t24-,25-,26-,27+,28+/m1/s1. The van der Waals surface area contributed by atoms with Gasteiger partial charge < -0.3 is 24.8 Å². The molecule has 2 aliphatic rings. The van der Waals surface area contributed by atoms with Crippen LogP contribution < -0.4 is 5.32 Å². The number of nitrogens with zero attached hydrogens (tertiary/aromatic N) is 1. The van der Waals surface area contributed by atoms with Crippen molar-refractivity contribution in [2.45, 2.75) is 62.6 Å². The Kier molecular flexibility index (Phi) is 8.95. The number of hydrogen-bond acceptors (Lipinski definition) is 5. The monoisotopic (exact) mass is 476 g/mol. The molecule has 1 amide bonds. The van der Waals surface area contributed by atoms with E-state index in [1.165, 1.54) is 5.56 Å². The molecule has 4 rings (SSSR count). The van der Waals surface area contributed by atoms with Gasteiger partial charge >= 0.3 is 0 Å². The number of hydrogen-bond donors (Lipinski definition) is 2. The maximum atomic E-state index is 12.5. The van der Waals surface area contributed by atoms with Crippen LogP contribution in [-0.2, 0) is 20.7 Å². The van der Waals surface area contributed by atoms with Crippen molar-refractivity contribution in [3.05, 3.63) is 71.3 Å². The molecule has 35 heavy (non-hydrogen) atoms. The molecule has 2 saturated heterocycles. The summed E-state index contributed by atoms with van der Waals surface area (Å²) in [6.07, 6.45) is 3.76. The number of carbonyl (C=O) groups is 1. The molecule has 2 aromatic rings. The Bertz CT molecular complexity index is 1010. The number of rotatable bonds is 7. The summed E-state index contributed by atoms with van der Waals surface area (Å²) >= 11 is 0. The Morgan fingerprint density at radius 2 is 1.71 bits per heavy atom. The summed E-state index contributed by atoms with van der Waals surface area (Å²) in [7, 11) is 3.77. The molecular formula is C29H36N2O4. The molecule has 0 saturated carbocycles. The van der Waals surface area contributed by atoms with Crippen molar-refractivity contribution in [2.24, 2.45) is 0 Å². The van der Waals surface area contributed by atoms with E-state index in [0.29, 0.717) is 13.0 Å². The fraction of sp³-hybridized carbons (Fsp3) is 0.483. The van der Waals surface area contributed by atoms with Crippen molar-refractivity contribution in [1.29, 1.82) is 0 Å². The lowest BCUT2D eigenvalue weighted by atomic mass is 9.88. The third-order valence-corrected chi connectivity index (χ3v) is 6.65. The van der Waals surface area contributed by atoms with Gasteiger partial charge in [0.1, 0.15) is 0 Å². The van der Waals surface area contributed by atoms with Gasteiger partial charge in [-0.25, -0.2) is 0 Å². The smallest absolute Gasteiger partial charge is 0.234 e. The van der Waals surface area contributed by atoms with Crippen LogP contribution in [-0.4, -0.2) is 73.6 Å². The molecule has 0 spiro atoms. The molecule has 2 heterocycles. The Morgan fingerprint density at radius 3 is 2.40 bits per heavy atom. The van der Waals surface area contributed by atoms with E-state index in [1.807, 2.05) is 49.3 Å². The zero-order valence-corrected chi connectivity index (χ0v) is 20.7. The fourth-order valence-corrected chi connectivity index (χ4v) is 4.85. The lowest BCUT2D eigenvalue weighted by Crippen LogP contribution is -2.58. The number of likely N-dealkylation sites (N-methyl/N-ethyl adjacent to an activating group) is 1. The molecule has 0 aliphatic carbocycles. The van der Waals surface area contributed by atoms with Gasteiger partial charge in [-0.05, 0) is 76.0 Å². The molecule has 186 valence electrons. The molecule has 2 fully saturated rings. The van der Waals surface area contributed by atoms with Gasteiger partial charge in [0.05, 0.1) is 43.6 Å². The van der Waals surface area contributed by atoms with Crippen LogP contribution >= 0.6 is 0 Å². The highest BCUT2D eigenvalue weighted by Gasteiger charge is 2.42. The van der Waals surface area contributed by atoms with Crippen LogP contribution in [0.1, 0.15) is 42.4 Å². The maximum Gasteiger partial charge on any atom is 0.234 e. The summed E-state index contributed by atoms with van der Waals surface area (Å²) in [5.41, 5.74) is 3.21. The molecule has 0 bridgehead atoms. The SMILES string of the molecule is CN(C)CC(=O)N[C@@H]1C[C@@H]2O[C@@H](CO)CC[C@@H]2O[C@@H]1CCc1ccc(C#Cc2ccccc2)cc1. The number of carbonyl (C=O) groups excluding carboxylic acids is 1. The zero-order chi connectivity index (χ0) is 24.6. The average molecular weight is 477 g/mol. The predicted molar refractivity (Wildman–Crippen MR) is 136 cm³/mol. The van der Waals surface area contributed by atoms with Gasteiger partial charge in [0, 0.05) is 11.1 Å². The molecule has 6 nitrogen and oxygen atoms in total. The lowest BCUT2D eigenvalue weighted by Gasteiger charge is -2.45. The van der Waals surface area contributed by atoms with E-state index in [1.54, 1.807) is 0 Å².